The summed E-state index contributed by atoms with van der Waals surface area (Å²) in [5.74, 6) is 1.16. The summed E-state index contributed by atoms with van der Waals surface area (Å²) in [4.78, 5) is 0. The first-order valence-corrected chi connectivity index (χ1v) is 26.2. The van der Waals surface area contributed by atoms with Crippen molar-refractivity contribution in [1.82, 2.24) is 0 Å². The van der Waals surface area contributed by atoms with Gasteiger partial charge >= 0.3 is 8.25 Å². The molecule has 0 bridgehead atoms. The van der Waals surface area contributed by atoms with E-state index < -0.39 is 8.25 Å². The molecule has 1 atom stereocenters. The summed E-state index contributed by atoms with van der Waals surface area (Å²) in [6, 6.07) is 0. The summed E-state index contributed by atoms with van der Waals surface area (Å²) in [5.41, 5.74) is 3.42. The third-order valence-electron chi connectivity index (χ3n) is 12.1. The van der Waals surface area contributed by atoms with Gasteiger partial charge in [0.15, 0.2) is 5.75 Å². The highest BCUT2D eigenvalue weighted by atomic mass is 31.1. The monoisotopic (exact) mass is 818 g/mol. The quantitative estimate of drug-likeness (QED) is 0.0533. The van der Waals surface area contributed by atoms with Crippen LogP contribution in [-0.4, -0.2) is 11.7 Å². The Labute approximate surface area is 357 Å². The fourth-order valence-corrected chi connectivity index (χ4v) is 9.56. The molecule has 0 amide bonds. The van der Waals surface area contributed by atoms with Gasteiger partial charge in [-0.2, -0.15) is 0 Å². The van der Waals surface area contributed by atoms with Gasteiger partial charge in [0.1, 0.15) is 12.4 Å². The molecule has 1 aromatic carbocycles. The molecule has 0 aliphatic heterocycles. The molecule has 0 heterocycles. The van der Waals surface area contributed by atoms with Gasteiger partial charge in [-0.25, -0.2) is 4.52 Å². The second kappa shape index (κ2) is 33.6. The Kier molecular flexibility index (Phi) is 31.8. The van der Waals surface area contributed by atoms with Crippen molar-refractivity contribution in [3.05, 3.63) is 22.3 Å². The molecule has 57 heavy (non-hydrogen) atoms. The summed E-state index contributed by atoms with van der Waals surface area (Å²) in [6.07, 6.45) is 44.6. The molecule has 0 aromatic heterocycles. The topological polar surface area (TPSA) is 55.8 Å². The molecule has 5 heteroatoms. The van der Waals surface area contributed by atoms with Crippen LogP contribution in [0.5, 0.6) is 11.5 Å². The Morgan fingerprint density at radius 1 is 0.421 bits per heavy atom. The van der Waals surface area contributed by atoms with Crippen LogP contribution in [-0.2, 0) is 32.8 Å². The number of aromatic hydroxyl groups is 1. The number of unbranched alkanes of at least 4 members (excludes halogenated alkanes) is 30. The van der Waals surface area contributed by atoms with E-state index in [4.69, 9.17) is 9.05 Å². The molecular weight excluding hydrogens is 720 g/mol. The Hall–Kier alpha value is -1.12. The van der Waals surface area contributed by atoms with Crippen LogP contribution >= 0.6 is 8.25 Å². The Morgan fingerprint density at radius 2 is 0.667 bits per heavy atom. The summed E-state index contributed by atoms with van der Waals surface area (Å²) >= 11 is 0. The number of phenols is 1. The number of phenolic OH excluding ortho intramolecular Hbond substituents is 1. The molecule has 4 nitrogen and oxygen atoms in total. The van der Waals surface area contributed by atoms with Crippen LogP contribution in [0, 0.1) is 0 Å². The maximum absolute atomic E-state index is 13.2. The van der Waals surface area contributed by atoms with E-state index in [0.29, 0.717) is 12.4 Å². The molecule has 0 aliphatic rings. The maximum atomic E-state index is 13.2. The Bertz CT molecular complexity index is 1060. The molecule has 0 spiro atoms. The molecule has 1 unspecified atom stereocenters. The van der Waals surface area contributed by atoms with Crippen molar-refractivity contribution in [2.45, 2.75) is 291 Å². The summed E-state index contributed by atoms with van der Waals surface area (Å²) in [6.45, 7) is 19.9. The van der Waals surface area contributed by atoms with Crippen LogP contribution in [0.2, 0.25) is 0 Å². The highest BCUT2D eigenvalue weighted by Gasteiger charge is 2.37. The van der Waals surface area contributed by atoms with Crippen molar-refractivity contribution in [2.75, 3.05) is 6.61 Å². The average Bonchev–Trinajstić information content (AvgIpc) is 3.14. The van der Waals surface area contributed by atoms with Crippen LogP contribution in [0.1, 0.15) is 290 Å². The standard InChI is InChI=1S/C52H97O4P/c1-10-13-15-17-19-21-23-25-27-29-31-33-35-37-39-41-43-45-47(51(4,5)6)49(53)48(52(7,8)9)46(50(45)56-57(54)55-12-3)44-42-40-38-36-34-32-30-28-26-24-22-20-18-16-14-11-2/h10-44H2,1-9H3/p+1. The van der Waals surface area contributed by atoms with Gasteiger partial charge < -0.3 is 5.11 Å². The highest BCUT2D eigenvalue weighted by molar-refractivity contribution is 7.33. The van der Waals surface area contributed by atoms with Gasteiger partial charge in [-0.3, -0.25) is 0 Å². The first-order chi connectivity index (χ1) is 27.4. The van der Waals surface area contributed by atoms with E-state index >= 15 is 0 Å². The zero-order chi connectivity index (χ0) is 42.2. The zero-order valence-corrected chi connectivity index (χ0v) is 40.8. The fourth-order valence-electron chi connectivity index (χ4n) is 8.93. The summed E-state index contributed by atoms with van der Waals surface area (Å²) in [7, 11) is -2.31. The molecule has 0 aliphatic carbocycles. The van der Waals surface area contributed by atoms with Gasteiger partial charge in [0, 0.05) is 26.8 Å². The van der Waals surface area contributed by atoms with Gasteiger partial charge in [-0.1, -0.05) is 248 Å². The fraction of sp³-hybridized carbons (Fsp3) is 0.885. The van der Waals surface area contributed by atoms with Gasteiger partial charge in [0.05, 0.1) is 0 Å². The molecule has 334 valence electrons. The minimum Gasteiger partial charge on any atom is -0.507 e. The lowest BCUT2D eigenvalue weighted by Crippen LogP contribution is -2.22. The Balaban J connectivity index is 2.80. The predicted molar refractivity (Wildman–Crippen MR) is 252 cm³/mol. The largest absolute Gasteiger partial charge is 0.750 e. The van der Waals surface area contributed by atoms with E-state index in [2.05, 4.69) is 55.4 Å². The van der Waals surface area contributed by atoms with E-state index in [-0.39, 0.29) is 10.8 Å². The van der Waals surface area contributed by atoms with Crippen LogP contribution in [0.3, 0.4) is 0 Å². The molecule has 0 saturated carbocycles. The summed E-state index contributed by atoms with van der Waals surface area (Å²) in [5, 5.41) is 12.2. The first-order valence-electron chi connectivity index (χ1n) is 25.1. The van der Waals surface area contributed by atoms with Crippen molar-refractivity contribution in [3.63, 3.8) is 0 Å². The lowest BCUT2D eigenvalue weighted by atomic mass is 9.73. The van der Waals surface area contributed by atoms with Crippen molar-refractivity contribution >= 4 is 8.25 Å². The van der Waals surface area contributed by atoms with Crippen LogP contribution in [0.4, 0.5) is 0 Å². The molecule has 1 aromatic rings. The second-order valence-corrected chi connectivity index (χ2v) is 20.6. The van der Waals surface area contributed by atoms with Crippen LogP contribution in [0.25, 0.3) is 0 Å². The minimum atomic E-state index is -2.31. The van der Waals surface area contributed by atoms with Crippen molar-refractivity contribution in [2.24, 2.45) is 0 Å². The normalized spacial score (nSPS) is 12.5. The zero-order valence-electron chi connectivity index (χ0n) is 39.9. The summed E-state index contributed by atoms with van der Waals surface area (Å²) < 4.78 is 25.1. The molecule has 0 saturated heterocycles. The minimum absolute atomic E-state index is 0.295. The van der Waals surface area contributed by atoms with Crippen LogP contribution < -0.4 is 4.52 Å². The Morgan fingerprint density at radius 3 is 0.895 bits per heavy atom. The molecule has 0 radical (unpaired) electrons. The first kappa shape index (κ1) is 53.9. The third-order valence-corrected chi connectivity index (χ3v) is 12.9. The molecule has 1 N–H and O–H groups in total. The number of benzene rings is 1. The van der Waals surface area contributed by atoms with Crippen molar-refractivity contribution < 1.29 is 18.7 Å². The van der Waals surface area contributed by atoms with E-state index in [9.17, 15) is 9.67 Å². The van der Waals surface area contributed by atoms with Gasteiger partial charge in [0.2, 0.25) is 0 Å². The second-order valence-electron chi connectivity index (χ2n) is 19.7. The van der Waals surface area contributed by atoms with Crippen LogP contribution in [0.15, 0.2) is 0 Å². The smallest absolute Gasteiger partial charge is 0.507 e. The van der Waals surface area contributed by atoms with Gasteiger partial charge in [0.25, 0.3) is 0 Å². The molecular formula is C52H98O4P+. The van der Waals surface area contributed by atoms with E-state index in [1.54, 1.807) is 0 Å². The van der Waals surface area contributed by atoms with Crippen molar-refractivity contribution in [3.8, 4) is 11.5 Å². The lowest BCUT2D eigenvalue weighted by molar-refractivity contribution is 0.299. The van der Waals surface area contributed by atoms with Gasteiger partial charge in [-0.05, 0) is 43.4 Å². The number of hydrogen-bond acceptors (Lipinski definition) is 4. The molecule has 0 fully saturated rings. The molecule has 1 rings (SSSR count). The predicted octanol–water partition coefficient (Wildman–Crippen LogP) is 18.7. The van der Waals surface area contributed by atoms with E-state index in [1.165, 1.54) is 180 Å². The SMILES string of the molecule is CCCCCCCCCCCCCCCCCCc1c(O[P+](=O)OCC)c(CCCCCCCCCCCCCCCCCC)c(C(C)(C)C)c(O)c1C(C)(C)C. The van der Waals surface area contributed by atoms with E-state index in [0.717, 1.165) is 66.5 Å². The van der Waals surface area contributed by atoms with E-state index in [1.807, 2.05) is 6.92 Å². The number of rotatable bonds is 38. The highest BCUT2D eigenvalue weighted by Crippen LogP contribution is 2.51. The average molecular weight is 818 g/mol. The maximum Gasteiger partial charge on any atom is 0.750 e. The van der Waals surface area contributed by atoms with Gasteiger partial charge in [-0.15, -0.1) is 4.52 Å². The number of hydrogen-bond donors (Lipinski definition) is 1. The lowest BCUT2D eigenvalue weighted by Gasteiger charge is -2.33. The third kappa shape index (κ3) is 25.3. The van der Waals surface area contributed by atoms with Crippen molar-refractivity contribution in [1.29, 1.82) is 0 Å².